The number of hydrogen-bond acceptors (Lipinski definition) is 2. The van der Waals surface area contributed by atoms with E-state index >= 15 is 0 Å². The second-order valence-corrected chi connectivity index (χ2v) is 15.2. The molecular formula is C51H33NS. The van der Waals surface area contributed by atoms with E-state index in [0.717, 1.165) is 5.56 Å². The van der Waals surface area contributed by atoms with Gasteiger partial charge >= 0.3 is 0 Å². The SMILES string of the molecule is C1=CC2=C(c3ccc4sc5cccc(-c6c7ccccc7c(-c7cccnc7)c7ccccc67)c5c4c3)c3ccccc3C(c3ccccc3)C2C=C1. The Kier molecular flexibility index (Phi) is 6.93. The van der Waals surface area contributed by atoms with Crippen LogP contribution in [0, 0.1) is 5.92 Å². The molecular weight excluding hydrogens is 659 g/mol. The van der Waals surface area contributed by atoms with Gasteiger partial charge in [0.1, 0.15) is 0 Å². The van der Waals surface area contributed by atoms with E-state index in [1.54, 1.807) is 0 Å². The van der Waals surface area contributed by atoms with Crippen molar-refractivity contribution < 1.29 is 0 Å². The van der Waals surface area contributed by atoms with Gasteiger partial charge in [0, 0.05) is 50.0 Å². The smallest absolute Gasteiger partial charge is 0.0361 e. The lowest BCUT2D eigenvalue weighted by atomic mass is 9.66. The van der Waals surface area contributed by atoms with Crippen LogP contribution in [0.3, 0.4) is 0 Å². The molecule has 0 amide bonds. The van der Waals surface area contributed by atoms with E-state index in [1.165, 1.54) is 91.8 Å². The Hall–Kier alpha value is -6.35. The number of hydrogen-bond donors (Lipinski definition) is 0. The summed E-state index contributed by atoms with van der Waals surface area (Å²) in [4.78, 5) is 4.52. The number of fused-ring (bicyclic) bond motifs is 7. The van der Waals surface area contributed by atoms with Crippen molar-refractivity contribution in [3.8, 4) is 22.3 Å². The number of thiophene rings is 1. The Morgan fingerprint density at radius 3 is 2.00 bits per heavy atom. The lowest BCUT2D eigenvalue weighted by molar-refractivity contribution is 0.649. The molecule has 0 spiro atoms. The van der Waals surface area contributed by atoms with Crippen LogP contribution in [0.25, 0.3) is 69.5 Å². The zero-order chi connectivity index (χ0) is 34.9. The van der Waals surface area contributed by atoms with E-state index in [1.807, 2.05) is 29.8 Å². The topological polar surface area (TPSA) is 12.9 Å². The van der Waals surface area contributed by atoms with Gasteiger partial charge in [0.15, 0.2) is 0 Å². The largest absolute Gasteiger partial charge is 0.264 e. The van der Waals surface area contributed by atoms with Gasteiger partial charge in [-0.25, -0.2) is 0 Å². The predicted octanol–water partition coefficient (Wildman–Crippen LogP) is 13.8. The summed E-state index contributed by atoms with van der Waals surface area (Å²) in [6.07, 6.45) is 13.0. The van der Waals surface area contributed by atoms with Gasteiger partial charge in [-0.15, -0.1) is 11.3 Å². The van der Waals surface area contributed by atoms with E-state index in [-0.39, 0.29) is 11.8 Å². The predicted molar refractivity (Wildman–Crippen MR) is 226 cm³/mol. The molecule has 0 saturated carbocycles. The lowest BCUT2D eigenvalue weighted by Gasteiger charge is -2.36. The summed E-state index contributed by atoms with van der Waals surface area (Å²) in [5.41, 5.74) is 13.0. The lowest BCUT2D eigenvalue weighted by Crippen LogP contribution is -2.22. The maximum Gasteiger partial charge on any atom is 0.0361 e. The molecule has 7 aromatic carbocycles. The molecule has 0 N–H and O–H groups in total. The monoisotopic (exact) mass is 691 g/mol. The van der Waals surface area contributed by atoms with Crippen LogP contribution in [0.15, 0.2) is 194 Å². The minimum Gasteiger partial charge on any atom is -0.264 e. The van der Waals surface area contributed by atoms with Gasteiger partial charge in [0.25, 0.3) is 0 Å². The summed E-state index contributed by atoms with van der Waals surface area (Å²) in [5.74, 6) is 0.523. The van der Waals surface area contributed by atoms with Gasteiger partial charge in [-0.1, -0.05) is 152 Å². The highest BCUT2D eigenvalue weighted by molar-refractivity contribution is 7.26. The third kappa shape index (κ3) is 4.66. The molecule has 248 valence electrons. The third-order valence-electron chi connectivity index (χ3n) is 11.4. The van der Waals surface area contributed by atoms with Crippen molar-refractivity contribution in [2.75, 3.05) is 0 Å². The summed E-state index contributed by atoms with van der Waals surface area (Å²) in [5, 5.41) is 7.64. The van der Waals surface area contributed by atoms with Gasteiger partial charge < -0.3 is 0 Å². The fourth-order valence-electron chi connectivity index (χ4n) is 9.24. The molecule has 0 saturated heterocycles. The van der Waals surface area contributed by atoms with E-state index < -0.39 is 0 Å². The Morgan fingerprint density at radius 1 is 0.509 bits per heavy atom. The summed E-state index contributed by atoms with van der Waals surface area (Å²) >= 11 is 1.89. The van der Waals surface area contributed by atoms with E-state index in [4.69, 9.17) is 0 Å². The molecule has 2 aliphatic rings. The molecule has 0 radical (unpaired) electrons. The molecule has 0 bridgehead atoms. The van der Waals surface area contributed by atoms with Crippen LogP contribution in [0.1, 0.15) is 28.2 Å². The number of benzene rings is 7. The molecule has 2 aliphatic carbocycles. The first-order valence-electron chi connectivity index (χ1n) is 18.4. The highest BCUT2D eigenvalue weighted by atomic mass is 32.1. The Morgan fingerprint density at radius 2 is 1.23 bits per heavy atom. The molecule has 1 nitrogen and oxygen atoms in total. The van der Waals surface area contributed by atoms with E-state index in [0.29, 0.717) is 0 Å². The first kappa shape index (κ1) is 30.3. The van der Waals surface area contributed by atoms with Crippen molar-refractivity contribution in [3.05, 3.63) is 216 Å². The zero-order valence-corrected chi connectivity index (χ0v) is 29.7. The van der Waals surface area contributed by atoms with Gasteiger partial charge in [-0.3, -0.25) is 4.98 Å². The molecule has 11 rings (SSSR count). The van der Waals surface area contributed by atoms with Crippen LogP contribution in [-0.4, -0.2) is 4.98 Å². The molecule has 53 heavy (non-hydrogen) atoms. The van der Waals surface area contributed by atoms with Crippen LogP contribution in [0.2, 0.25) is 0 Å². The third-order valence-corrected chi connectivity index (χ3v) is 12.5. The van der Waals surface area contributed by atoms with Gasteiger partial charge in [-0.05, 0) is 95.9 Å². The fraction of sp³-hybridized carbons (Fsp3) is 0.0392. The first-order chi connectivity index (χ1) is 26.3. The summed E-state index contributed by atoms with van der Waals surface area (Å²) in [6.45, 7) is 0. The Labute approximate surface area is 312 Å². The molecule has 2 heteroatoms. The van der Waals surface area contributed by atoms with Crippen LogP contribution < -0.4 is 0 Å². The summed E-state index contributed by atoms with van der Waals surface area (Å²) < 4.78 is 2.62. The standard InChI is InChI=1S/C51H33NS/c1-2-14-32(15-3-1)47-35-17-4-6-19-37(35)48(38-20-7-5-18-36(38)47)33-27-28-45-44(30-33)51-43(25-12-26-46(51)53-45)50-41-23-10-8-21-39(41)49(34-16-13-29-52-31-34)40-22-9-11-24-42(40)50/h1-31,35,47H. The highest BCUT2D eigenvalue weighted by Gasteiger charge is 2.35. The maximum atomic E-state index is 4.52. The number of allylic oxidation sites excluding steroid dienone is 5. The summed E-state index contributed by atoms with van der Waals surface area (Å²) in [6, 6.07) is 56.2. The molecule has 2 aromatic heterocycles. The number of rotatable bonds is 4. The molecule has 0 fully saturated rings. The van der Waals surface area contributed by atoms with Gasteiger partial charge in [-0.2, -0.15) is 0 Å². The minimum absolute atomic E-state index is 0.258. The minimum atomic E-state index is 0.258. The average Bonchev–Trinajstić information content (AvgIpc) is 3.61. The van der Waals surface area contributed by atoms with Gasteiger partial charge in [0.05, 0.1) is 0 Å². The van der Waals surface area contributed by atoms with Crippen molar-refractivity contribution in [3.63, 3.8) is 0 Å². The highest BCUT2D eigenvalue weighted by Crippen LogP contribution is 2.52. The van der Waals surface area contributed by atoms with Crippen LogP contribution in [-0.2, 0) is 0 Å². The normalized spacial score (nSPS) is 16.5. The quantitative estimate of drug-likeness (QED) is 0.167. The van der Waals surface area contributed by atoms with Crippen molar-refractivity contribution in [2.24, 2.45) is 5.92 Å². The molecule has 2 heterocycles. The maximum absolute atomic E-state index is 4.52. The van der Waals surface area contributed by atoms with Crippen molar-refractivity contribution in [2.45, 2.75) is 5.92 Å². The first-order valence-corrected chi connectivity index (χ1v) is 19.2. The zero-order valence-electron chi connectivity index (χ0n) is 28.9. The second-order valence-electron chi connectivity index (χ2n) is 14.2. The number of pyridine rings is 1. The summed E-state index contributed by atoms with van der Waals surface area (Å²) in [7, 11) is 0. The Bertz CT molecular complexity index is 2940. The van der Waals surface area contributed by atoms with Crippen LogP contribution in [0.5, 0.6) is 0 Å². The van der Waals surface area contributed by atoms with Gasteiger partial charge in [0.2, 0.25) is 0 Å². The van der Waals surface area contributed by atoms with Crippen molar-refractivity contribution in [1.29, 1.82) is 0 Å². The van der Waals surface area contributed by atoms with Crippen LogP contribution >= 0.6 is 11.3 Å². The van der Waals surface area contributed by atoms with E-state index in [2.05, 4.69) is 175 Å². The number of nitrogens with zero attached hydrogens (tertiary/aromatic N) is 1. The molecule has 2 atom stereocenters. The average molecular weight is 692 g/mol. The number of aromatic nitrogens is 1. The van der Waals surface area contributed by atoms with Crippen molar-refractivity contribution >= 4 is 58.6 Å². The second kappa shape index (κ2) is 12.1. The molecule has 2 unspecified atom stereocenters. The van der Waals surface area contributed by atoms with E-state index in [9.17, 15) is 0 Å². The Balaban J connectivity index is 1.18. The van der Waals surface area contributed by atoms with Crippen LogP contribution in [0.4, 0.5) is 0 Å². The molecule has 0 aliphatic heterocycles. The fourth-order valence-corrected chi connectivity index (χ4v) is 10.4. The molecule has 9 aromatic rings. The van der Waals surface area contributed by atoms with Crippen molar-refractivity contribution in [1.82, 2.24) is 4.98 Å².